The molecule has 3 heterocycles. The Hall–Kier alpha value is -5.24. The summed E-state index contributed by atoms with van der Waals surface area (Å²) in [5, 5.41) is 22.5. The molecule has 202 valence electrons. The molecule has 0 spiro atoms. The number of carbonyl (C=O) groups excluding carboxylic acids is 3. The molecule has 1 fully saturated rings. The van der Waals surface area contributed by atoms with E-state index in [1.54, 1.807) is 0 Å². The van der Waals surface area contributed by atoms with Crippen LogP contribution in [0.2, 0.25) is 0 Å². The van der Waals surface area contributed by atoms with Gasteiger partial charge in [-0.15, -0.1) is 11.8 Å². The maximum absolute atomic E-state index is 12.8. The quantitative estimate of drug-likeness (QED) is 0.119. The molecule has 14 heteroatoms. The summed E-state index contributed by atoms with van der Waals surface area (Å²) in [4.78, 5) is 59.4. The zero-order valence-electron chi connectivity index (χ0n) is 20.3. The van der Waals surface area contributed by atoms with E-state index in [2.05, 4.69) is 0 Å². The van der Waals surface area contributed by atoms with E-state index >= 15 is 0 Å². The molecule has 0 bridgehead atoms. The van der Waals surface area contributed by atoms with Gasteiger partial charge < -0.3 is 13.9 Å². The van der Waals surface area contributed by atoms with E-state index in [0.29, 0.717) is 16.7 Å². The van der Waals surface area contributed by atoms with Crippen molar-refractivity contribution in [2.75, 3.05) is 0 Å². The van der Waals surface area contributed by atoms with E-state index < -0.39 is 33.1 Å². The topological polar surface area (TPSA) is 172 Å². The van der Waals surface area contributed by atoms with Crippen LogP contribution in [0.1, 0.15) is 27.4 Å². The molecule has 40 heavy (non-hydrogen) atoms. The van der Waals surface area contributed by atoms with Gasteiger partial charge in [0.05, 0.1) is 15.4 Å². The van der Waals surface area contributed by atoms with Crippen molar-refractivity contribution in [2.45, 2.75) is 18.6 Å². The van der Waals surface area contributed by atoms with Crippen molar-refractivity contribution in [2.24, 2.45) is 0 Å². The average molecular weight is 564 g/mol. The third-order valence-corrected chi connectivity index (χ3v) is 6.99. The fourth-order valence-corrected chi connectivity index (χ4v) is 4.94. The Morgan fingerprint density at radius 2 is 1.43 bits per heavy atom. The summed E-state index contributed by atoms with van der Waals surface area (Å²) in [6.45, 7) is -0.238. The number of thioether (sulfide) groups is 1. The van der Waals surface area contributed by atoms with E-state index in [1.165, 1.54) is 88.8 Å². The van der Waals surface area contributed by atoms with Crippen molar-refractivity contribution in [1.82, 2.24) is 4.90 Å². The molecule has 5 rings (SSSR count). The number of β-lactam (4-membered cyclic amide) rings is 1. The molecule has 0 N–H and O–H groups in total. The van der Waals surface area contributed by atoms with E-state index in [4.69, 9.17) is 13.9 Å². The molecule has 0 saturated carbocycles. The number of rotatable bonds is 9. The molecule has 1 atom stereocenters. The molecule has 2 aliphatic rings. The molecule has 2 aliphatic heterocycles. The highest BCUT2D eigenvalue weighted by atomic mass is 32.2. The van der Waals surface area contributed by atoms with Crippen molar-refractivity contribution in [3.8, 4) is 0 Å². The summed E-state index contributed by atoms with van der Waals surface area (Å²) in [6.07, 6.45) is 1.47. The van der Waals surface area contributed by atoms with Crippen molar-refractivity contribution >= 4 is 47.1 Å². The Labute approximate surface area is 228 Å². The van der Waals surface area contributed by atoms with Gasteiger partial charge in [0.1, 0.15) is 30.0 Å². The third kappa shape index (κ3) is 5.33. The monoisotopic (exact) mass is 563 g/mol. The predicted molar refractivity (Wildman–Crippen MR) is 138 cm³/mol. The van der Waals surface area contributed by atoms with Gasteiger partial charge in [-0.2, -0.15) is 0 Å². The number of nitro groups is 2. The van der Waals surface area contributed by atoms with Crippen LogP contribution >= 0.6 is 11.8 Å². The summed E-state index contributed by atoms with van der Waals surface area (Å²) < 4.78 is 15.9. The molecule has 0 aliphatic carbocycles. The van der Waals surface area contributed by atoms with Crippen molar-refractivity contribution in [1.29, 1.82) is 0 Å². The van der Waals surface area contributed by atoms with Gasteiger partial charge in [-0.25, -0.2) is 9.59 Å². The first-order chi connectivity index (χ1) is 19.2. The number of amides is 1. The second kappa shape index (κ2) is 10.9. The van der Waals surface area contributed by atoms with Gasteiger partial charge in [0.15, 0.2) is 0 Å². The van der Waals surface area contributed by atoms with Crippen LogP contribution in [0, 0.1) is 20.2 Å². The minimum atomic E-state index is -0.750. The maximum Gasteiger partial charge on any atom is 0.374 e. The van der Waals surface area contributed by atoms with Gasteiger partial charge in [-0.3, -0.25) is 29.9 Å². The Kier molecular flexibility index (Phi) is 7.16. The molecule has 13 nitrogen and oxygen atoms in total. The van der Waals surface area contributed by atoms with E-state index in [9.17, 15) is 34.6 Å². The maximum atomic E-state index is 12.8. The number of carbonyl (C=O) groups is 3. The smallest absolute Gasteiger partial charge is 0.374 e. The number of hydrogen-bond donors (Lipinski definition) is 0. The number of ether oxygens (including phenoxy) is 2. The number of nitro benzene ring substituents is 2. The number of nitrogens with zero attached hydrogens (tertiary/aromatic N) is 3. The van der Waals surface area contributed by atoms with Gasteiger partial charge in [0.25, 0.3) is 17.3 Å². The van der Waals surface area contributed by atoms with E-state index in [0.717, 1.165) is 0 Å². The second-order valence-corrected chi connectivity index (χ2v) is 9.42. The fraction of sp³-hybridized carbons (Fsp3) is 0.115. The fourth-order valence-electron chi connectivity index (χ4n) is 3.82. The van der Waals surface area contributed by atoms with Crippen LogP contribution in [0.5, 0.6) is 0 Å². The molecular weight excluding hydrogens is 546 g/mol. The Morgan fingerprint density at radius 3 is 1.98 bits per heavy atom. The number of non-ortho nitro benzene ring substituents is 2. The van der Waals surface area contributed by atoms with E-state index in [-0.39, 0.29) is 41.8 Å². The van der Waals surface area contributed by atoms with Crippen molar-refractivity contribution in [3.63, 3.8) is 0 Å². The highest BCUT2D eigenvalue weighted by molar-refractivity contribution is 8.03. The van der Waals surface area contributed by atoms with Crippen LogP contribution in [0.25, 0.3) is 6.08 Å². The lowest BCUT2D eigenvalue weighted by atomic mass is 10.0. The summed E-state index contributed by atoms with van der Waals surface area (Å²) >= 11 is 1.23. The molecule has 1 aromatic heterocycles. The largest absolute Gasteiger partial charge is 0.456 e. The summed E-state index contributed by atoms with van der Waals surface area (Å²) in [5.74, 6) is -1.74. The van der Waals surface area contributed by atoms with E-state index in [1.807, 2.05) is 0 Å². The summed E-state index contributed by atoms with van der Waals surface area (Å²) in [7, 11) is 0. The Morgan fingerprint density at radius 1 is 0.875 bits per heavy atom. The van der Waals surface area contributed by atoms with Crippen LogP contribution in [0.4, 0.5) is 11.4 Å². The van der Waals surface area contributed by atoms with Crippen LogP contribution in [0.3, 0.4) is 0 Å². The number of furan rings is 1. The number of fused-ring (bicyclic) bond motifs is 1. The zero-order chi connectivity index (χ0) is 28.4. The van der Waals surface area contributed by atoms with Crippen molar-refractivity contribution in [3.05, 3.63) is 120 Å². The standard InChI is InChI=1S/C26H17N3O10S/c30-23-20(11-19-9-10-22(39-19)26(32)38-13-16-3-7-18(8-4-16)29(35)36)24-27(23)21(14-40-24)25(31)37-12-15-1-5-17(6-2-15)28(33)34/h1-11,14,24H,12-13H2/b20-11-. The normalized spacial score (nSPS) is 16.6. The van der Waals surface area contributed by atoms with Gasteiger partial charge in [-0.05, 0) is 53.6 Å². The first-order valence-corrected chi connectivity index (χ1v) is 12.5. The summed E-state index contributed by atoms with van der Waals surface area (Å²) in [6, 6.07) is 14.0. The SMILES string of the molecule is O=C(OCc1ccc([N+](=O)[O-])cc1)C1=CSC2/C(=C\c3ccc(C(=O)OCc4ccc([N+](=O)[O-])cc4)o3)C(=O)N12. The minimum absolute atomic E-state index is 0.0778. The highest BCUT2D eigenvalue weighted by Crippen LogP contribution is 2.45. The number of hydrogen-bond acceptors (Lipinski definition) is 11. The lowest BCUT2D eigenvalue weighted by molar-refractivity contribution is -0.385. The third-order valence-electron chi connectivity index (χ3n) is 5.90. The summed E-state index contributed by atoms with van der Waals surface area (Å²) in [5.41, 5.74) is 1.39. The van der Waals surface area contributed by atoms with Crippen molar-refractivity contribution < 1.29 is 38.1 Å². The van der Waals surface area contributed by atoms with Crippen LogP contribution in [-0.2, 0) is 32.3 Å². The van der Waals surface area contributed by atoms with Crippen LogP contribution < -0.4 is 0 Å². The minimum Gasteiger partial charge on any atom is -0.456 e. The molecule has 1 unspecified atom stereocenters. The first kappa shape index (κ1) is 26.4. The molecule has 1 saturated heterocycles. The Balaban J connectivity index is 1.15. The molecule has 2 aromatic carbocycles. The van der Waals surface area contributed by atoms with Gasteiger partial charge >= 0.3 is 11.9 Å². The van der Waals surface area contributed by atoms with Crippen LogP contribution in [0.15, 0.2) is 81.8 Å². The molecule has 0 radical (unpaired) electrons. The Bertz CT molecular complexity index is 1590. The highest BCUT2D eigenvalue weighted by Gasteiger charge is 2.50. The van der Waals surface area contributed by atoms with Gasteiger partial charge in [0.2, 0.25) is 5.76 Å². The molecule has 3 aromatic rings. The molecular formula is C26H17N3O10S. The van der Waals surface area contributed by atoms with Gasteiger partial charge in [-0.1, -0.05) is 0 Å². The lowest BCUT2D eigenvalue weighted by Gasteiger charge is -2.37. The molecule has 1 amide bonds. The predicted octanol–water partition coefficient (Wildman–Crippen LogP) is 4.34. The number of esters is 2. The zero-order valence-corrected chi connectivity index (χ0v) is 21.1. The second-order valence-electron chi connectivity index (χ2n) is 8.47. The number of benzene rings is 2. The van der Waals surface area contributed by atoms with Crippen LogP contribution in [-0.4, -0.2) is 38.0 Å². The lowest BCUT2D eigenvalue weighted by Crippen LogP contribution is -2.51. The average Bonchev–Trinajstić information content (AvgIpc) is 3.59. The van der Waals surface area contributed by atoms with Gasteiger partial charge in [0, 0.05) is 29.7 Å². The first-order valence-electron chi connectivity index (χ1n) is 11.5.